The summed E-state index contributed by atoms with van der Waals surface area (Å²) in [7, 11) is 1.67. The summed E-state index contributed by atoms with van der Waals surface area (Å²) in [4.78, 5) is 0. The monoisotopic (exact) mass is 468 g/mol. The van der Waals surface area contributed by atoms with E-state index in [1.807, 2.05) is 57.2 Å². The van der Waals surface area contributed by atoms with Crippen molar-refractivity contribution < 1.29 is 14.2 Å². The molecular weight excluding hydrogens is 443 g/mol. The van der Waals surface area contributed by atoms with E-state index < -0.39 is 0 Å². The van der Waals surface area contributed by atoms with E-state index >= 15 is 0 Å². The lowest BCUT2D eigenvalue weighted by Gasteiger charge is -2.16. The number of methoxy groups -OCH3 is 1. The first-order valence-electron chi connectivity index (χ1n) is 8.56. The van der Waals surface area contributed by atoms with Crippen molar-refractivity contribution >= 4 is 28.8 Å². The third-order valence-corrected chi connectivity index (χ3v) is 4.25. The summed E-state index contributed by atoms with van der Waals surface area (Å²) in [6.07, 6.45) is 1.86. The number of hydrogen-bond donors (Lipinski definition) is 1. The first kappa shape index (κ1) is 20.4. The smallest absolute Gasteiger partial charge is 0.174 e. The molecule has 2 aromatic rings. The van der Waals surface area contributed by atoms with E-state index in [4.69, 9.17) is 14.2 Å². The van der Waals surface area contributed by atoms with Crippen molar-refractivity contribution in [3.8, 4) is 17.2 Å². The molecule has 2 aromatic carbocycles. The maximum Gasteiger partial charge on any atom is 0.174 e. The highest BCUT2D eigenvalue weighted by atomic mass is 127. The fourth-order valence-electron chi connectivity index (χ4n) is 2.38. The van der Waals surface area contributed by atoms with Gasteiger partial charge in [0.15, 0.2) is 11.5 Å². The van der Waals surface area contributed by atoms with E-state index in [1.165, 1.54) is 0 Å². The predicted molar refractivity (Wildman–Crippen MR) is 114 cm³/mol. The third-order valence-electron chi connectivity index (χ3n) is 3.45. The summed E-state index contributed by atoms with van der Waals surface area (Å²) < 4.78 is 18.0. The van der Waals surface area contributed by atoms with Gasteiger partial charge in [-0.25, -0.2) is 0 Å². The molecule has 0 heterocycles. The lowest BCUT2D eigenvalue weighted by atomic mass is 10.2. The third kappa shape index (κ3) is 5.79. The quantitative estimate of drug-likeness (QED) is 0.332. The van der Waals surface area contributed by atoms with Crippen molar-refractivity contribution in [3.05, 3.63) is 51.1 Å². The topological polar surface area (TPSA) is 52.1 Å². The van der Waals surface area contributed by atoms with Crippen LogP contribution in [0, 0.1) is 3.57 Å². The number of hydrogen-bond acceptors (Lipinski definition) is 5. The Morgan fingerprint density at radius 2 is 1.96 bits per heavy atom. The van der Waals surface area contributed by atoms with Gasteiger partial charge in [-0.1, -0.05) is 18.2 Å². The van der Waals surface area contributed by atoms with E-state index in [2.05, 4.69) is 33.1 Å². The predicted octanol–water partition coefficient (Wildman–Crippen LogP) is 4.61. The number of halogens is 1. The number of para-hydroxylation sites is 1. The van der Waals surface area contributed by atoms with Crippen molar-refractivity contribution in [2.45, 2.75) is 33.4 Å². The van der Waals surface area contributed by atoms with Gasteiger partial charge in [0.25, 0.3) is 0 Å². The average molecular weight is 468 g/mol. The number of ether oxygens (including phenoxy) is 3. The second-order valence-electron chi connectivity index (χ2n) is 5.83. The molecule has 1 N–H and O–H groups in total. The number of benzene rings is 2. The van der Waals surface area contributed by atoms with Crippen LogP contribution in [0.5, 0.6) is 17.2 Å². The summed E-state index contributed by atoms with van der Waals surface area (Å²) in [6, 6.07) is 11.8. The van der Waals surface area contributed by atoms with Crippen LogP contribution in [0.4, 0.5) is 0 Å². The summed E-state index contributed by atoms with van der Waals surface area (Å²) in [5.41, 5.74) is 5.06. The normalized spacial score (nSPS) is 11.0. The molecule has 0 aromatic heterocycles. The van der Waals surface area contributed by atoms with E-state index in [-0.39, 0.29) is 6.10 Å². The number of hydrazone groups is 1. The molecule has 0 unspecified atom stereocenters. The number of nitrogens with one attached hydrogen (secondary N) is 1. The van der Waals surface area contributed by atoms with Crippen LogP contribution in [0.1, 0.15) is 31.9 Å². The van der Waals surface area contributed by atoms with Crippen LogP contribution in [-0.2, 0) is 6.54 Å². The SMILES string of the molecule is CCOc1cc(/C=N/NCc2ccccc2OC)cc(I)c1OC(C)C. The Morgan fingerprint density at radius 1 is 1.19 bits per heavy atom. The Labute approximate surface area is 168 Å². The molecule has 0 aliphatic rings. The van der Waals surface area contributed by atoms with Gasteiger partial charge in [-0.2, -0.15) is 5.10 Å². The molecule has 0 radical (unpaired) electrons. The van der Waals surface area contributed by atoms with Gasteiger partial charge in [-0.15, -0.1) is 0 Å². The van der Waals surface area contributed by atoms with Crippen LogP contribution >= 0.6 is 22.6 Å². The Hall–Kier alpha value is -1.96. The Bertz CT molecular complexity index is 748. The molecule has 0 saturated heterocycles. The Kier molecular flexibility index (Phi) is 8.03. The summed E-state index contributed by atoms with van der Waals surface area (Å²) in [5, 5.41) is 4.31. The Balaban J connectivity index is 2.09. The van der Waals surface area contributed by atoms with Gasteiger partial charge in [-0.05, 0) is 67.1 Å². The van der Waals surface area contributed by atoms with E-state index in [1.54, 1.807) is 13.3 Å². The second kappa shape index (κ2) is 10.3. The maximum absolute atomic E-state index is 5.89. The van der Waals surface area contributed by atoms with E-state index in [0.717, 1.165) is 31.9 Å². The zero-order valence-corrected chi connectivity index (χ0v) is 17.7. The zero-order chi connectivity index (χ0) is 18.9. The van der Waals surface area contributed by atoms with Crippen molar-refractivity contribution in [2.24, 2.45) is 5.10 Å². The highest BCUT2D eigenvalue weighted by Gasteiger charge is 2.13. The van der Waals surface area contributed by atoms with Crippen LogP contribution in [0.15, 0.2) is 41.5 Å². The average Bonchev–Trinajstić information content (AvgIpc) is 2.62. The van der Waals surface area contributed by atoms with E-state index in [9.17, 15) is 0 Å². The lowest BCUT2D eigenvalue weighted by molar-refractivity contribution is 0.222. The van der Waals surface area contributed by atoms with Gasteiger partial charge in [0, 0.05) is 5.56 Å². The molecule has 0 saturated carbocycles. The fraction of sp³-hybridized carbons (Fsp3) is 0.350. The highest BCUT2D eigenvalue weighted by molar-refractivity contribution is 14.1. The summed E-state index contributed by atoms with van der Waals surface area (Å²) >= 11 is 2.26. The summed E-state index contributed by atoms with van der Waals surface area (Å²) in [5.74, 6) is 2.36. The molecule has 0 fully saturated rings. The van der Waals surface area contributed by atoms with E-state index in [0.29, 0.717) is 13.2 Å². The highest BCUT2D eigenvalue weighted by Crippen LogP contribution is 2.34. The van der Waals surface area contributed by atoms with Gasteiger partial charge in [0.05, 0.1) is 36.2 Å². The Morgan fingerprint density at radius 3 is 2.65 bits per heavy atom. The van der Waals surface area contributed by atoms with Crippen molar-refractivity contribution in [1.82, 2.24) is 5.43 Å². The standard InChI is InChI=1S/C20H25IN2O3/c1-5-25-19-11-15(10-17(21)20(19)26-14(2)3)12-22-23-13-16-8-6-7-9-18(16)24-4/h6-12,14,23H,5,13H2,1-4H3/b22-12+. The van der Waals surface area contributed by atoms with Gasteiger partial charge in [0.1, 0.15) is 5.75 Å². The minimum atomic E-state index is 0.0877. The molecule has 0 bridgehead atoms. The van der Waals surface area contributed by atoms with Crippen LogP contribution in [0.3, 0.4) is 0 Å². The van der Waals surface area contributed by atoms with Gasteiger partial charge >= 0.3 is 0 Å². The van der Waals surface area contributed by atoms with Crippen molar-refractivity contribution in [1.29, 1.82) is 0 Å². The van der Waals surface area contributed by atoms with Gasteiger partial charge in [0.2, 0.25) is 0 Å². The zero-order valence-electron chi connectivity index (χ0n) is 15.6. The molecule has 26 heavy (non-hydrogen) atoms. The molecule has 140 valence electrons. The van der Waals surface area contributed by atoms with Crippen molar-refractivity contribution in [2.75, 3.05) is 13.7 Å². The molecule has 0 aliphatic heterocycles. The van der Waals surface area contributed by atoms with Crippen molar-refractivity contribution in [3.63, 3.8) is 0 Å². The molecule has 0 spiro atoms. The molecule has 0 atom stereocenters. The maximum atomic E-state index is 5.89. The number of rotatable bonds is 9. The molecule has 6 heteroatoms. The minimum Gasteiger partial charge on any atom is -0.496 e. The number of nitrogens with zero attached hydrogens (tertiary/aromatic N) is 1. The van der Waals surface area contributed by atoms with Gasteiger partial charge in [-0.3, -0.25) is 0 Å². The fourth-order valence-corrected chi connectivity index (χ4v) is 3.13. The van der Waals surface area contributed by atoms with Crippen LogP contribution in [0.25, 0.3) is 0 Å². The molecular formula is C20H25IN2O3. The minimum absolute atomic E-state index is 0.0877. The van der Waals surface area contributed by atoms with Gasteiger partial charge < -0.3 is 19.6 Å². The summed E-state index contributed by atoms with van der Waals surface area (Å²) in [6.45, 7) is 7.13. The largest absolute Gasteiger partial charge is 0.496 e. The van der Waals surface area contributed by atoms with Crippen LogP contribution in [-0.4, -0.2) is 26.0 Å². The van der Waals surface area contributed by atoms with Crippen LogP contribution < -0.4 is 19.6 Å². The molecule has 0 aliphatic carbocycles. The second-order valence-corrected chi connectivity index (χ2v) is 7.00. The molecule has 2 rings (SSSR count). The first-order valence-corrected chi connectivity index (χ1v) is 9.63. The molecule has 5 nitrogen and oxygen atoms in total. The molecule has 0 amide bonds. The first-order chi connectivity index (χ1) is 12.5. The van der Waals surface area contributed by atoms with Crippen LogP contribution in [0.2, 0.25) is 0 Å². The lowest BCUT2D eigenvalue weighted by Crippen LogP contribution is -2.09.